The van der Waals surface area contributed by atoms with E-state index in [1.54, 1.807) is 0 Å². The van der Waals surface area contributed by atoms with Crippen LogP contribution in [0.4, 0.5) is 5.69 Å². The number of nitrogens with zero attached hydrogens (tertiary/aromatic N) is 2. The van der Waals surface area contributed by atoms with Crippen LogP contribution in [0.25, 0.3) is 11.1 Å². The maximum absolute atomic E-state index is 5.73. The van der Waals surface area contributed by atoms with Crippen LogP contribution < -0.4 is 4.90 Å². The predicted molar refractivity (Wildman–Crippen MR) is 82.2 cm³/mol. The topological polar surface area (TPSA) is 29.3 Å². The fraction of sp³-hybridized carbons (Fsp3) is 0.235. The van der Waals surface area contributed by atoms with Crippen LogP contribution in [0.15, 0.2) is 52.9 Å². The van der Waals surface area contributed by atoms with E-state index in [1.807, 2.05) is 38.4 Å². The highest BCUT2D eigenvalue weighted by Gasteiger charge is 2.05. The fourth-order valence-electron chi connectivity index (χ4n) is 2.24. The standard InChI is InChI=1S/C17H18N2O/c1-19(2)14-10-7-13(8-11-14)9-12-17-18-15-5-3-4-6-16(15)20-17/h3-8,10-11H,9,12H2,1-2H3. The lowest BCUT2D eigenvalue weighted by Gasteiger charge is -2.12. The van der Waals surface area contributed by atoms with Gasteiger partial charge in [0.15, 0.2) is 11.5 Å². The Kier molecular flexibility index (Phi) is 3.42. The summed E-state index contributed by atoms with van der Waals surface area (Å²) in [5.74, 6) is 0.808. The molecule has 3 heteroatoms. The molecule has 1 heterocycles. The Balaban J connectivity index is 1.69. The second-order valence-electron chi connectivity index (χ2n) is 5.14. The molecule has 2 aromatic carbocycles. The molecular weight excluding hydrogens is 248 g/mol. The van der Waals surface area contributed by atoms with Crippen LogP contribution >= 0.6 is 0 Å². The summed E-state index contributed by atoms with van der Waals surface area (Å²) in [6.07, 6.45) is 1.77. The lowest BCUT2D eigenvalue weighted by atomic mass is 10.1. The molecule has 0 fully saturated rings. The first kappa shape index (κ1) is 12.7. The van der Waals surface area contributed by atoms with Gasteiger partial charge in [-0.2, -0.15) is 0 Å². The Hall–Kier alpha value is -2.29. The van der Waals surface area contributed by atoms with Gasteiger partial charge in [0, 0.05) is 26.2 Å². The second-order valence-corrected chi connectivity index (χ2v) is 5.14. The monoisotopic (exact) mass is 266 g/mol. The molecule has 3 aromatic rings. The molecule has 0 aliphatic carbocycles. The van der Waals surface area contributed by atoms with Gasteiger partial charge in [0.25, 0.3) is 0 Å². The predicted octanol–water partition coefficient (Wildman–Crippen LogP) is 3.68. The third kappa shape index (κ3) is 2.67. The molecule has 3 rings (SSSR count). The molecule has 0 radical (unpaired) electrons. The van der Waals surface area contributed by atoms with E-state index in [2.05, 4.69) is 34.1 Å². The smallest absolute Gasteiger partial charge is 0.195 e. The van der Waals surface area contributed by atoms with Crippen molar-refractivity contribution in [3.63, 3.8) is 0 Å². The first-order chi connectivity index (χ1) is 9.72. The highest BCUT2D eigenvalue weighted by molar-refractivity contribution is 5.72. The first-order valence-electron chi connectivity index (χ1n) is 6.83. The maximum Gasteiger partial charge on any atom is 0.195 e. The van der Waals surface area contributed by atoms with Crippen molar-refractivity contribution in [1.82, 2.24) is 4.98 Å². The quantitative estimate of drug-likeness (QED) is 0.721. The minimum absolute atomic E-state index is 0.808. The second kappa shape index (κ2) is 5.37. The number of para-hydroxylation sites is 2. The number of aromatic nitrogens is 1. The van der Waals surface area contributed by atoms with Crippen LogP contribution in [-0.2, 0) is 12.8 Å². The molecule has 102 valence electrons. The Bertz CT molecular complexity index is 665. The molecule has 0 unspecified atom stereocenters. The number of fused-ring (bicyclic) bond motifs is 1. The minimum atomic E-state index is 0.808. The molecule has 0 saturated heterocycles. The van der Waals surface area contributed by atoms with Gasteiger partial charge in [0.2, 0.25) is 0 Å². The molecule has 20 heavy (non-hydrogen) atoms. The summed E-state index contributed by atoms with van der Waals surface area (Å²) >= 11 is 0. The number of anilines is 1. The van der Waals surface area contributed by atoms with Gasteiger partial charge in [-0.3, -0.25) is 0 Å². The Morgan fingerprint density at radius 2 is 1.70 bits per heavy atom. The van der Waals surface area contributed by atoms with Crippen LogP contribution in [0.1, 0.15) is 11.5 Å². The van der Waals surface area contributed by atoms with E-state index in [4.69, 9.17) is 4.42 Å². The molecule has 0 spiro atoms. The summed E-state index contributed by atoms with van der Waals surface area (Å²) in [6, 6.07) is 16.5. The number of aryl methyl sites for hydroxylation is 2. The van der Waals surface area contributed by atoms with E-state index in [0.29, 0.717) is 0 Å². The van der Waals surface area contributed by atoms with E-state index >= 15 is 0 Å². The van der Waals surface area contributed by atoms with E-state index in [9.17, 15) is 0 Å². The molecule has 0 N–H and O–H groups in total. The number of benzene rings is 2. The van der Waals surface area contributed by atoms with Crippen LogP contribution in [0.3, 0.4) is 0 Å². The van der Waals surface area contributed by atoms with Crippen molar-refractivity contribution in [2.24, 2.45) is 0 Å². The molecule has 0 aliphatic rings. The van der Waals surface area contributed by atoms with Gasteiger partial charge in [-0.05, 0) is 36.2 Å². The van der Waals surface area contributed by atoms with E-state index in [0.717, 1.165) is 29.8 Å². The molecule has 0 atom stereocenters. The summed E-state index contributed by atoms with van der Waals surface area (Å²) < 4.78 is 5.73. The van der Waals surface area contributed by atoms with Gasteiger partial charge in [-0.1, -0.05) is 24.3 Å². The number of oxazole rings is 1. The SMILES string of the molecule is CN(C)c1ccc(CCc2nc3ccccc3o2)cc1. The normalized spacial score (nSPS) is 10.9. The van der Waals surface area contributed by atoms with E-state index in [1.165, 1.54) is 11.3 Å². The lowest BCUT2D eigenvalue weighted by Crippen LogP contribution is -2.08. The van der Waals surface area contributed by atoms with Crippen LogP contribution in [0.5, 0.6) is 0 Å². The van der Waals surface area contributed by atoms with Gasteiger partial charge < -0.3 is 9.32 Å². The fourth-order valence-corrected chi connectivity index (χ4v) is 2.24. The summed E-state index contributed by atoms with van der Waals surface area (Å²) in [6.45, 7) is 0. The molecule has 0 aliphatic heterocycles. The number of rotatable bonds is 4. The van der Waals surface area contributed by atoms with Crippen molar-refractivity contribution in [2.75, 3.05) is 19.0 Å². The van der Waals surface area contributed by atoms with E-state index in [-0.39, 0.29) is 0 Å². The first-order valence-corrected chi connectivity index (χ1v) is 6.83. The summed E-state index contributed by atoms with van der Waals surface area (Å²) in [4.78, 5) is 6.60. The van der Waals surface area contributed by atoms with Crippen molar-refractivity contribution in [1.29, 1.82) is 0 Å². The van der Waals surface area contributed by atoms with Gasteiger partial charge in [-0.25, -0.2) is 4.98 Å². The summed E-state index contributed by atoms with van der Waals surface area (Å²) in [7, 11) is 4.10. The average molecular weight is 266 g/mol. The maximum atomic E-state index is 5.73. The van der Waals surface area contributed by atoms with Gasteiger partial charge >= 0.3 is 0 Å². The van der Waals surface area contributed by atoms with Crippen LogP contribution in [0, 0.1) is 0 Å². The van der Waals surface area contributed by atoms with Crippen molar-refractivity contribution in [3.05, 3.63) is 60.0 Å². The minimum Gasteiger partial charge on any atom is -0.441 e. The molecule has 0 amide bonds. The number of hydrogen-bond acceptors (Lipinski definition) is 3. The van der Waals surface area contributed by atoms with Crippen LogP contribution in [0.2, 0.25) is 0 Å². The number of hydrogen-bond donors (Lipinski definition) is 0. The largest absolute Gasteiger partial charge is 0.441 e. The zero-order valence-electron chi connectivity index (χ0n) is 11.8. The Morgan fingerprint density at radius 1 is 0.950 bits per heavy atom. The zero-order valence-corrected chi connectivity index (χ0v) is 11.8. The molecule has 0 bridgehead atoms. The van der Waals surface area contributed by atoms with Gasteiger partial charge in [0.05, 0.1) is 0 Å². The highest BCUT2D eigenvalue weighted by atomic mass is 16.3. The molecule has 3 nitrogen and oxygen atoms in total. The van der Waals surface area contributed by atoms with Gasteiger partial charge in [-0.15, -0.1) is 0 Å². The Labute approximate surface area is 118 Å². The highest BCUT2D eigenvalue weighted by Crippen LogP contribution is 2.17. The molecular formula is C17H18N2O. The van der Waals surface area contributed by atoms with E-state index < -0.39 is 0 Å². The van der Waals surface area contributed by atoms with Crippen molar-refractivity contribution < 1.29 is 4.42 Å². The van der Waals surface area contributed by atoms with Gasteiger partial charge in [0.1, 0.15) is 5.52 Å². The third-order valence-corrected chi connectivity index (χ3v) is 3.42. The van der Waals surface area contributed by atoms with Crippen LogP contribution in [-0.4, -0.2) is 19.1 Å². The summed E-state index contributed by atoms with van der Waals surface area (Å²) in [5.41, 5.74) is 4.32. The Morgan fingerprint density at radius 3 is 2.40 bits per heavy atom. The molecule has 0 saturated carbocycles. The van der Waals surface area contributed by atoms with Crippen molar-refractivity contribution >= 4 is 16.8 Å². The van der Waals surface area contributed by atoms with Crippen molar-refractivity contribution in [3.8, 4) is 0 Å². The average Bonchev–Trinajstić information content (AvgIpc) is 2.88. The zero-order chi connectivity index (χ0) is 13.9. The van der Waals surface area contributed by atoms with Crippen molar-refractivity contribution in [2.45, 2.75) is 12.8 Å². The third-order valence-electron chi connectivity index (χ3n) is 3.42. The molecule has 1 aromatic heterocycles. The summed E-state index contributed by atoms with van der Waals surface area (Å²) in [5, 5.41) is 0. The lowest BCUT2D eigenvalue weighted by molar-refractivity contribution is 0.528.